The summed E-state index contributed by atoms with van der Waals surface area (Å²) in [6, 6.07) is 0. The van der Waals surface area contributed by atoms with Crippen molar-refractivity contribution in [2.24, 2.45) is 5.92 Å². The van der Waals surface area contributed by atoms with Crippen LogP contribution in [-0.2, 0) is 10.0 Å². The molecule has 1 N–H and O–H groups in total. The first-order valence-electron chi connectivity index (χ1n) is 6.17. The van der Waals surface area contributed by atoms with Crippen LogP contribution in [0.15, 0.2) is 0 Å². The zero-order valence-electron chi connectivity index (χ0n) is 9.24. The second-order valence-electron chi connectivity index (χ2n) is 4.95. The largest absolute Gasteiger partial charge is 0.215 e. The molecule has 0 spiro atoms. The fraction of sp³-hybridized carbons (Fsp3) is 1.00. The van der Waals surface area contributed by atoms with E-state index in [1.165, 1.54) is 25.7 Å². The zero-order valence-corrected chi connectivity index (χ0v) is 10.1. The smallest absolute Gasteiger partial charge is 0.214 e. The number of nitrogens with one attached hydrogen (secondary N) is 1. The van der Waals surface area contributed by atoms with Crippen molar-refractivity contribution in [1.82, 2.24) is 4.72 Å². The molecule has 2 saturated carbocycles. The van der Waals surface area contributed by atoms with Gasteiger partial charge in [-0.05, 0) is 31.6 Å². The molecule has 2 aliphatic carbocycles. The van der Waals surface area contributed by atoms with E-state index in [0.717, 1.165) is 25.7 Å². The molecule has 2 fully saturated rings. The molecule has 0 saturated heterocycles. The lowest BCUT2D eigenvalue weighted by atomic mass is 10.1. The molecule has 0 bridgehead atoms. The Bertz CT molecular complexity index is 288. The molecule has 0 aromatic carbocycles. The van der Waals surface area contributed by atoms with Crippen molar-refractivity contribution in [3.8, 4) is 0 Å². The van der Waals surface area contributed by atoms with Gasteiger partial charge in [-0.1, -0.05) is 25.7 Å². The van der Waals surface area contributed by atoms with E-state index in [4.69, 9.17) is 0 Å². The van der Waals surface area contributed by atoms with Gasteiger partial charge in [0.2, 0.25) is 10.0 Å². The highest BCUT2D eigenvalue weighted by atomic mass is 32.2. The molecule has 0 atom stereocenters. The molecule has 4 heteroatoms. The molecule has 2 rings (SSSR count). The second kappa shape index (κ2) is 4.83. The summed E-state index contributed by atoms with van der Waals surface area (Å²) in [7, 11) is -3.00. The van der Waals surface area contributed by atoms with E-state index in [1.54, 1.807) is 0 Å². The standard InChI is InChI=1S/C11H21NO2S/c13-15(14,11-7-3-4-8-11)12-9-10-5-1-2-6-10/h10-12H,1-9H2. The predicted octanol–water partition coefficient (Wildman–Crippen LogP) is 2.04. The van der Waals surface area contributed by atoms with Crippen molar-refractivity contribution in [1.29, 1.82) is 0 Å². The quantitative estimate of drug-likeness (QED) is 0.805. The summed E-state index contributed by atoms with van der Waals surface area (Å²) < 4.78 is 26.6. The van der Waals surface area contributed by atoms with Crippen LogP contribution in [0.25, 0.3) is 0 Å². The van der Waals surface area contributed by atoms with Crippen LogP contribution in [0.4, 0.5) is 0 Å². The maximum atomic E-state index is 11.9. The Morgan fingerprint density at radius 2 is 1.47 bits per heavy atom. The van der Waals surface area contributed by atoms with Crippen molar-refractivity contribution in [3.63, 3.8) is 0 Å². The minimum absolute atomic E-state index is 0.0982. The van der Waals surface area contributed by atoms with Crippen LogP contribution in [0.5, 0.6) is 0 Å². The lowest BCUT2D eigenvalue weighted by molar-refractivity contribution is 0.513. The topological polar surface area (TPSA) is 46.2 Å². The van der Waals surface area contributed by atoms with E-state index in [-0.39, 0.29) is 5.25 Å². The first-order valence-corrected chi connectivity index (χ1v) is 7.71. The van der Waals surface area contributed by atoms with Gasteiger partial charge < -0.3 is 0 Å². The molecule has 0 aromatic rings. The third kappa shape index (κ3) is 2.94. The maximum Gasteiger partial charge on any atom is 0.214 e. The normalized spacial score (nSPS) is 25.1. The molecule has 2 aliphatic rings. The number of rotatable bonds is 4. The zero-order chi connectivity index (χ0) is 10.7. The second-order valence-corrected chi connectivity index (χ2v) is 7.00. The lowest BCUT2D eigenvalue weighted by Crippen LogP contribution is -2.35. The first-order chi connectivity index (χ1) is 7.18. The molecule has 0 aliphatic heterocycles. The third-order valence-electron chi connectivity index (χ3n) is 3.79. The van der Waals surface area contributed by atoms with Crippen LogP contribution in [0.3, 0.4) is 0 Å². The Morgan fingerprint density at radius 1 is 0.933 bits per heavy atom. The van der Waals surface area contributed by atoms with E-state index >= 15 is 0 Å². The van der Waals surface area contributed by atoms with Gasteiger partial charge in [0.15, 0.2) is 0 Å². The van der Waals surface area contributed by atoms with Gasteiger partial charge in [-0.3, -0.25) is 0 Å². The van der Waals surface area contributed by atoms with Gasteiger partial charge in [-0.25, -0.2) is 13.1 Å². The molecular formula is C11H21NO2S. The van der Waals surface area contributed by atoms with Crippen molar-refractivity contribution in [2.45, 2.75) is 56.6 Å². The monoisotopic (exact) mass is 231 g/mol. The number of sulfonamides is 1. The first kappa shape index (κ1) is 11.4. The van der Waals surface area contributed by atoms with Gasteiger partial charge in [0.05, 0.1) is 5.25 Å². The SMILES string of the molecule is O=S(=O)(NCC1CCCC1)C1CCCC1. The van der Waals surface area contributed by atoms with Gasteiger partial charge in [0, 0.05) is 6.54 Å². The number of hydrogen-bond acceptors (Lipinski definition) is 2. The Hall–Kier alpha value is -0.0900. The summed E-state index contributed by atoms with van der Waals surface area (Å²) in [6.07, 6.45) is 8.83. The summed E-state index contributed by atoms with van der Waals surface area (Å²) in [5.74, 6) is 0.598. The molecule has 0 radical (unpaired) electrons. The molecule has 0 aromatic heterocycles. The Balaban J connectivity index is 1.81. The van der Waals surface area contributed by atoms with Crippen molar-refractivity contribution >= 4 is 10.0 Å². The van der Waals surface area contributed by atoms with Crippen LogP contribution in [0, 0.1) is 5.92 Å². The highest BCUT2D eigenvalue weighted by molar-refractivity contribution is 7.90. The van der Waals surface area contributed by atoms with E-state index in [2.05, 4.69) is 4.72 Å². The Labute approximate surface area is 92.7 Å². The summed E-state index contributed by atoms with van der Waals surface area (Å²) in [5, 5.41) is -0.0982. The Morgan fingerprint density at radius 3 is 2.07 bits per heavy atom. The van der Waals surface area contributed by atoms with Gasteiger partial charge in [0.25, 0.3) is 0 Å². The summed E-state index contributed by atoms with van der Waals surface area (Å²) in [6.45, 7) is 0.679. The predicted molar refractivity (Wildman–Crippen MR) is 61.1 cm³/mol. The van der Waals surface area contributed by atoms with Crippen LogP contribution < -0.4 is 4.72 Å². The van der Waals surface area contributed by atoms with Crippen molar-refractivity contribution in [2.75, 3.05) is 6.54 Å². The highest BCUT2D eigenvalue weighted by Crippen LogP contribution is 2.26. The summed E-state index contributed by atoms with van der Waals surface area (Å²) >= 11 is 0. The molecule has 88 valence electrons. The van der Waals surface area contributed by atoms with Gasteiger partial charge in [0.1, 0.15) is 0 Å². The van der Waals surface area contributed by atoms with Gasteiger partial charge in [-0.15, -0.1) is 0 Å². The summed E-state index contributed by atoms with van der Waals surface area (Å²) in [5.41, 5.74) is 0. The molecule has 15 heavy (non-hydrogen) atoms. The molecular weight excluding hydrogens is 210 g/mol. The van der Waals surface area contributed by atoms with E-state index in [0.29, 0.717) is 12.5 Å². The fourth-order valence-electron chi connectivity index (χ4n) is 2.76. The van der Waals surface area contributed by atoms with E-state index in [9.17, 15) is 8.42 Å². The van der Waals surface area contributed by atoms with E-state index < -0.39 is 10.0 Å². The van der Waals surface area contributed by atoms with Crippen molar-refractivity contribution in [3.05, 3.63) is 0 Å². The fourth-order valence-corrected chi connectivity index (χ4v) is 4.42. The minimum atomic E-state index is -3.00. The van der Waals surface area contributed by atoms with Gasteiger partial charge in [-0.2, -0.15) is 0 Å². The average Bonchev–Trinajstić information content (AvgIpc) is 2.88. The molecule has 3 nitrogen and oxygen atoms in total. The molecule has 0 amide bonds. The van der Waals surface area contributed by atoms with Crippen LogP contribution in [0.2, 0.25) is 0 Å². The average molecular weight is 231 g/mol. The van der Waals surface area contributed by atoms with E-state index in [1.807, 2.05) is 0 Å². The lowest BCUT2D eigenvalue weighted by Gasteiger charge is -2.15. The van der Waals surface area contributed by atoms with Crippen LogP contribution in [-0.4, -0.2) is 20.2 Å². The summed E-state index contributed by atoms with van der Waals surface area (Å²) in [4.78, 5) is 0. The molecule has 0 unspecified atom stereocenters. The van der Waals surface area contributed by atoms with Crippen LogP contribution in [0.1, 0.15) is 51.4 Å². The number of hydrogen-bond donors (Lipinski definition) is 1. The maximum absolute atomic E-state index is 11.9. The Kier molecular flexibility index (Phi) is 3.67. The van der Waals surface area contributed by atoms with Crippen molar-refractivity contribution < 1.29 is 8.42 Å². The highest BCUT2D eigenvalue weighted by Gasteiger charge is 2.29. The van der Waals surface area contributed by atoms with Gasteiger partial charge >= 0.3 is 0 Å². The van der Waals surface area contributed by atoms with Crippen LogP contribution >= 0.6 is 0 Å². The minimum Gasteiger partial charge on any atom is -0.215 e. The molecule has 0 heterocycles. The third-order valence-corrected chi connectivity index (χ3v) is 5.71.